The summed E-state index contributed by atoms with van der Waals surface area (Å²) in [4.78, 5) is 0. The van der Waals surface area contributed by atoms with E-state index in [0.717, 1.165) is 43.2 Å². The average Bonchev–Trinajstić information content (AvgIpc) is 2.98. The number of benzene rings is 2. The van der Waals surface area contributed by atoms with Gasteiger partial charge in [0, 0.05) is 44.7 Å². The van der Waals surface area contributed by atoms with Crippen LogP contribution in [-0.2, 0) is 54.1 Å². The number of anilines is 1. The number of aliphatic hydroxyl groups excluding tert-OH is 1. The van der Waals surface area contributed by atoms with Crippen LogP contribution >= 0.6 is 0 Å². The van der Waals surface area contributed by atoms with Gasteiger partial charge in [-0.2, -0.15) is 30.3 Å². The predicted molar refractivity (Wildman–Crippen MR) is 127 cm³/mol. The molecule has 7 heteroatoms. The van der Waals surface area contributed by atoms with Gasteiger partial charge >= 0.3 is 0 Å². The molecule has 5 nitrogen and oxygen atoms in total. The Kier molecular flexibility index (Phi) is 9.18. The second kappa shape index (κ2) is 11.3. The molecule has 2 aromatic rings. The number of aliphatic hydroxyl groups is 1. The second-order valence-corrected chi connectivity index (χ2v) is 11.4. The summed E-state index contributed by atoms with van der Waals surface area (Å²) in [6, 6.07) is 17.9. The van der Waals surface area contributed by atoms with Crippen molar-refractivity contribution < 1.29 is 51.0 Å². The summed E-state index contributed by atoms with van der Waals surface area (Å²) in [6.45, 7) is 4.86. The zero-order valence-corrected chi connectivity index (χ0v) is 23.3. The van der Waals surface area contributed by atoms with E-state index in [-0.39, 0.29) is 55.8 Å². The fourth-order valence-electron chi connectivity index (χ4n) is 5.34. The van der Waals surface area contributed by atoms with Crippen LogP contribution in [0.2, 0.25) is 0 Å². The van der Waals surface area contributed by atoms with Gasteiger partial charge in [-0.3, -0.25) is 4.31 Å². The number of hydrogen-bond acceptors (Lipinski definition) is 4. The van der Waals surface area contributed by atoms with E-state index in [1.165, 1.54) is 4.31 Å². The summed E-state index contributed by atoms with van der Waals surface area (Å²) in [5.74, 6) is 0.0566. The van der Waals surface area contributed by atoms with Crippen LogP contribution in [0.5, 0.6) is 0 Å². The van der Waals surface area contributed by atoms with Crippen LogP contribution in [0.3, 0.4) is 0 Å². The van der Waals surface area contributed by atoms with Crippen molar-refractivity contribution in [1.29, 1.82) is 0 Å². The summed E-state index contributed by atoms with van der Waals surface area (Å²) in [6.07, 6.45) is 4.66. The number of ether oxygens (including phenoxy) is 1. The van der Waals surface area contributed by atoms with Crippen molar-refractivity contribution in [3.05, 3.63) is 65.7 Å². The van der Waals surface area contributed by atoms with E-state index in [4.69, 9.17) is 4.74 Å². The smallest absolute Gasteiger partial charge is 0.235 e. The van der Waals surface area contributed by atoms with Crippen LogP contribution < -0.4 is 4.31 Å². The molecule has 1 aliphatic heterocycles. The first-order valence-electron chi connectivity index (χ1n) is 11.7. The minimum absolute atomic E-state index is 0. The van der Waals surface area contributed by atoms with E-state index in [0.29, 0.717) is 18.9 Å². The molecule has 177 valence electrons. The molecule has 1 N–H and O–H groups in total. The maximum Gasteiger partial charge on any atom is 0.235 e. The van der Waals surface area contributed by atoms with E-state index in [1.54, 1.807) is 0 Å². The van der Waals surface area contributed by atoms with Gasteiger partial charge in [0.1, 0.15) is 0 Å². The maximum absolute atomic E-state index is 13.1. The van der Waals surface area contributed by atoms with Gasteiger partial charge in [0.25, 0.3) is 0 Å². The summed E-state index contributed by atoms with van der Waals surface area (Å²) in [5.41, 5.74) is 2.38. The third-order valence-electron chi connectivity index (χ3n) is 7.18. The first-order chi connectivity index (χ1) is 15.4. The van der Waals surface area contributed by atoms with Crippen molar-refractivity contribution in [3.63, 3.8) is 0 Å². The average molecular weight is 546 g/mol. The van der Waals surface area contributed by atoms with Crippen molar-refractivity contribution >= 4 is 15.7 Å². The van der Waals surface area contributed by atoms with Gasteiger partial charge in [-0.15, -0.1) is 5.56 Å². The summed E-state index contributed by atoms with van der Waals surface area (Å²) < 4.78 is 33.6. The van der Waals surface area contributed by atoms with Gasteiger partial charge in [-0.1, -0.05) is 38.8 Å². The van der Waals surface area contributed by atoms with Crippen molar-refractivity contribution in [2.75, 3.05) is 16.7 Å². The van der Waals surface area contributed by atoms with Gasteiger partial charge in [0.2, 0.25) is 10.0 Å². The SMILES string of the molecule is CCCC1(C(O)c2cccc(N3C(COCc4c[c-]ccc4)C(C)CS3(=O)=O)c2)CCC1.[Y]. The molecule has 1 radical (unpaired) electrons. The maximum atomic E-state index is 13.1. The van der Waals surface area contributed by atoms with Gasteiger partial charge in [-0.25, -0.2) is 8.42 Å². The molecule has 0 bridgehead atoms. The Labute approximate surface area is 223 Å². The van der Waals surface area contributed by atoms with Crippen molar-refractivity contribution in [1.82, 2.24) is 0 Å². The molecule has 1 heterocycles. The minimum Gasteiger partial charge on any atom is -0.388 e. The Morgan fingerprint density at radius 1 is 1.27 bits per heavy atom. The summed E-state index contributed by atoms with van der Waals surface area (Å²) in [7, 11) is -3.45. The standard InChI is InChI=1S/C26H34NO4S.Y/c1-3-13-26(14-8-15-26)25(28)22-11-7-12-23(16-22)27-24(20(2)19-32(27,29)30)18-31-17-21-9-5-4-6-10-21;/h4-5,7,9-12,16,20,24-25,28H,3,8,13-15,17-19H2,1-2H3;/q-1;. The van der Waals surface area contributed by atoms with Crippen LogP contribution in [0.1, 0.15) is 63.2 Å². The second-order valence-electron chi connectivity index (χ2n) is 9.51. The van der Waals surface area contributed by atoms with Gasteiger partial charge in [-0.05, 0) is 42.9 Å². The molecule has 1 saturated carbocycles. The van der Waals surface area contributed by atoms with Crippen molar-refractivity contribution in [2.45, 2.75) is 64.7 Å². The largest absolute Gasteiger partial charge is 0.388 e. The molecule has 4 rings (SSSR count). The van der Waals surface area contributed by atoms with Crippen LogP contribution in [0.15, 0.2) is 48.5 Å². The van der Waals surface area contributed by atoms with E-state index in [2.05, 4.69) is 13.0 Å². The molecule has 3 atom stereocenters. The molecule has 2 aliphatic rings. The number of hydrogen-bond donors (Lipinski definition) is 1. The molecule has 3 unspecified atom stereocenters. The molecule has 0 aromatic heterocycles. The van der Waals surface area contributed by atoms with Gasteiger partial charge in [0.15, 0.2) is 0 Å². The Hall–Kier alpha value is -0.786. The molecular formula is C26H34NO4SY-. The molecule has 33 heavy (non-hydrogen) atoms. The summed E-state index contributed by atoms with van der Waals surface area (Å²) in [5, 5.41) is 11.2. The molecular weight excluding hydrogens is 511 g/mol. The Morgan fingerprint density at radius 3 is 2.70 bits per heavy atom. The molecule has 2 aromatic carbocycles. The number of sulfonamides is 1. The normalized spacial score (nSPS) is 24.0. The number of rotatable bonds is 9. The fourth-order valence-corrected chi connectivity index (χ4v) is 7.50. The van der Waals surface area contributed by atoms with Gasteiger partial charge < -0.3 is 9.84 Å². The van der Waals surface area contributed by atoms with Crippen LogP contribution in [-0.4, -0.2) is 31.9 Å². The van der Waals surface area contributed by atoms with Crippen molar-refractivity contribution in [3.8, 4) is 0 Å². The van der Waals surface area contributed by atoms with Crippen LogP contribution in [0.25, 0.3) is 0 Å². The van der Waals surface area contributed by atoms with E-state index < -0.39 is 16.1 Å². The quantitative estimate of drug-likeness (QED) is 0.458. The topological polar surface area (TPSA) is 66.8 Å². The van der Waals surface area contributed by atoms with E-state index in [1.807, 2.05) is 55.5 Å². The minimum atomic E-state index is -3.45. The Balaban J connectivity index is 0.00000306. The first kappa shape index (κ1) is 26.8. The van der Waals surface area contributed by atoms with Crippen LogP contribution in [0.4, 0.5) is 5.69 Å². The third kappa shape index (κ3) is 5.73. The zero-order chi connectivity index (χ0) is 22.8. The van der Waals surface area contributed by atoms with E-state index >= 15 is 0 Å². The monoisotopic (exact) mass is 545 g/mol. The van der Waals surface area contributed by atoms with E-state index in [9.17, 15) is 13.5 Å². The fraction of sp³-hybridized carbons (Fsp3) is 0.538. The van der Waals surface area contributed by atoms with Gasteiger partial charge in [0.05, 0.1) is 30.2 Å². The zero-order valence-electron chi connectivity index (χ0n) is 19.6. The Morgan fingerprint density at radius 2 is 2.06 bits per heavy atom. The molecule has 2 fully saturated rings. The molecule has 0 spiro atoms. The van der Waals surface area contributed by atoms with Crippen LogP contribution in [0, 0.1) is 17.4 Å². The molecule has 1 saturated heterocycles. The summed E-state index contributed by atoms with van der Waals surface area (Å²) >= 11 is 0. The predicted octanol–water partition coefficient (Wildman–Crippen LogP) is 4.86. The van der Waals surface area contributed by atoms with Crippen molar-refractivity contribution in [2.24, 2.45) is 11.3 Å². The number of nitrogens with zero attached hydrogens (tertiary/aromatic N) is 1. The third-order valence-corrected chi connectivity index (χ3v) is 9.21. The Bertz CT molecular complexity index is 1010. The molecule has 1 aliphatic carbocycles. The molecule has 0 amide bonds. The first-order valence-corrected chi connectivity index (χ1v) is 13.3.